The Morgan fingerprint density at radius 3 is 2.73 bits per heavy atom. The summed E-state index contributed by atoms with van der Waals surface area (Å²) in [5.74, 6) is -0.803. The first kappa shape index (κ1) is 16.4. The van der Waals surface area contributed by atoms with Gasteiger partial charge in [-0.25, -0.2) is 4.68 Å². The van der Waals surface area contributed by atoms with Crippen molar-refractivity contribution in [3.8, 4) is 5.69 Å². The van der Waals surface area contributed by atoms with E-state index in [1.165, 1.54) is 10.9 Å². The first-order valence-electron chi connectivity index (χ1n) is 6.49. The molecule has 1 amide bonds. The molecule has 0 saturated carbocycles. The summed E-state index contributed by atoms with van der Waals surface area (Å²) >= 11 is 5.91. The van der Waals surface area contributed by atoms with Crippen LogP contribution in [-0.2, 0) is 6.42 Å². The van der Waals surface area contributed by atoms with Crippen molar-refractivity contribution in [3.05, 3.63) is 46.7 Å². The summed E-state index contributed by atoms with van der Waals surface area (Å²) in [6, 6.07) is 6.82. The number of carbonyl (C=O) groups excluding carboxylic acids is 1. The molecule has 2 aromatic rings. The zero-order valence-corrected chi connectivity index (χ0v) is 12.4. The maximum Gasteiger partial charge on any atom is 0.405 e. The van der Waals surface area contributed by atoms with Gasteiger partial charge in [0.25, 0.3) is 5.91 Å². The first-order chi connectivity index (χ1) is 10.3. The second kappa shape index (κ2) is 6.39. The highest BCUT2D eigenvalue weighted by molar-refractivity contribution is 6.30. The summed E-state index contributed by atoms with van der Waals surface area (Å²) in [5.41, 5.74) is 1.27. The van der Waals surface area contributed by atoms with Gasteiger partial charge in [-0.3, -0.25) is 4.79 Å². The minimum Gasteiger partial charge on any atom is -0.343 e. The number of nitrogens with zero attached hydrogens (tertiary/aromatic N) is 2. The Kier molecular flexibility index (Phi) is 4.75. The van der Waals surface area contributed by atoms with Gasteiger partial charge in [0.05, 0.1) is 23.1 Å². The lowest BCUT2D eigenvalue weighted by molar-refractivity contribution is -0.123. The average molecular weight is 332 g/mol. The smallest absolute Gasteiger partial charge is 0.343 e. The molecular weight excluding hydrogens is 319 g/mol. The van der Waals surface area contributed by atoms with Crippen LogP contribution in [0.5, 0.6) is 0 Å². The number of carbonyl (C=O) groups is 1. The second-order valence-corrected chi connectivity index (χ2v) is 4.98. The zero-order valence-electron chi connectivity index (χ0n) is 11.6. The molecule has 0 spiro atoms. The number of alkyl halides is 3. The molecule has 0 unspecified atom stereocenters. The predicted molar refractivity (Wildman–Crippen MR) is 76.3 cm³/mol. The highest BCUT2D eigenvalue weighted by atomic mass is 35.5. The Morgan fingerprint density at radius 2 is 2.14 bits per heavy atom. The predicted octanol–water partition coefficient (Wildman–Crippen LogP) is 3.38. The fourth-order valence-corrected chi connectivity index (χ4v) is 2.19. The van der Waals surface area contributed by atoms with E-state index in [4.69, 9.17) is 11.6 Å². The van der Waals surface area contributed by atoms with Crippen LogP contribution in [-0.4, -0.2) is 28.4 Å². The average Bonchev–Trinajstić information content (AvgIpc) is 2.87. The van der Waals surface area contributed by atoms with Gasteiger partial charge < -0.3 is 5.32 Å². The lowest BCUT2D eigenvalue weighted by Crippen LogP contribution is -2.34. The van der Waals surface area contributed by atoms with E-state index in [9.17, 15) is 18.0 Å². The minimum atomic E-state index is -4.45. The van der Waals surface area contributed by atoms with E-state index >= 15 is 0 Å². The SMILES string of the molecule is CCc1c(C(=O)NCC(F)(F)F)cnn1-c1cccc(Cl)c1. The van der Waals surface area contributed by atoms with Gasteiger partial charge in [-0.15, -0.1) is 0 Å². The van der Waals surface area contributed by atoms with Crippen LogP contribution in [0, 0.1) is 0 Å². The molecule has 1 heterocycles. The summed E-state index contributed by atoms with van der Waals surface area (Å²) in [4.78, 5) is 11.9. The summed E-state index contributed by atoms with van der Waals surface area (Å²) in [7, 11) is 0. The van der Waals surface area contributed by atoms with E-state index in [-0.39, 0.29) is 5.56 Å². The molecule has 0 atom stereocenters. The molecule has 1 aromatic carbocycles. The van der Waals surface area contributed by atoms with Crippen LogP contribution in [0.4, 0.5) is 13.2 Å². The monoisotopic (exact) mass is 331 g/mol. The maximum absolute atomic E-state index is 12.2. The van der Waals surface area contributed by atoms with Crippen LogP contribution >= 0.6 is 11.6 Å². The number of benzene rings is 1. The van der Waals surface area contributed by atoms with Gasteiger partial charge in [-0.1, -0.05) is 24.6 Å². The Bertz CT molecular complexity index is 682. The Hall–Kier alpha value is -2.02. The molecule has 118 valence electrons. The molecule has 0 aliphatic heterocycles. The topological polar surface area (TPSA) is 46.9 Å². The molecule has 0 saturated heterocycles. The van der Waals surface area contributed by atoms with Crippen LogP contribution in [0.1, 0.15) is 23.0 Å². The van der Waals surface area contributed by atoms with E-state index in [2.05, 4.69) is 5.10 Å². The molecule has 0 bridgehead atoms. The molecule has 4 nitrogen and oxygen atoms in total. The minimum absolute atomic E-state index is 0.117. The fraction of sp³-hybridized carbons (Fsp3) is 0.286. The van der Waals surface area contributed by atoms with Crippen molar-refractivity contribution in [3.63, 3.8) is 0 Å². The normalized spacial score (nSPS) is 11.5. The third-order valence-corrected chi connectivity index (χ3v) is 3.19. The van der Waals surface area contributed by atoms with Crippen LogP contribution in [0.2, 0.25) is 5.02 Å². The van der Waals surface area contributed by atoms with Gasteiger partial charge in [0.1, 0.15) is 6.54 Å². The van der Waals surface area contributed by atoms with Crippen molar-refractivity contribution in [2.24, 2.45) is 0 Å². The molecular formula is C14H13ClF3N3O. The highest BCUT2D eigenvalue weighted by Crippen LogP contribution is 2.19. The van der Waals surface area contributed by atoms with Gasteiger partial charge in [0.2, 0.25) is 0 Å². The summed E-state index contributed by atoms with van der Waals surface area (Å²) in [6.07, 6.45) is -2.77. The van der Waals surface area contributed by atoms with Gasteiger partial charge in [0.15, 0.2) is 0 Å². The van der Waals surface area contributed by atoms with Crippen LogP contribution in [0.25, 0.3) is 5.69 Å². The highest BCUT2D eigenvalue weighted by Gasteiger charge is 2.28. The molecule has 2 rings (SSSR count). The van der Waals surface area contributed by atoms with E-state index < -0.39 is 18.6 Å². The van der Waals surface area contributed by atoms with Gasteiger partial charge >= 0.3 is 6.18 Å². The van der Waals surface area contributed by atoms with E-state index in [0.717, 1.165) is 0 Å². The Balaban J connectivity index is 2.30. The van der Waals surface area contributed by atoms with Crippen molar-refractivity contribution in [2.75, 3.05) is 6.54 Å². The summed E-state index contributed by atoms with van der Waals surface area (Å²) in [5, 5.41) is 6.42. The number of nitrogens with one attached hydrogen (secondary N) is 1. The molecule has 0 aliphatic rings. The number of hydrogen-bond donors (Lipinski definition) is 1. The Labute approximate surface area is 129 Å². The third kappa shape index (κ3) is 3.79. The third-order valence-electron chi connectivity index (χ3n) is 2.95. The van der Waals surface area contributed by atoms with Crippen molar-refractivity contribution in [2.45, 2.75) is 19.5 Å². The molecule has 22 heavy (non-hydrogen) atoms. The lowest BCUT2D eigenvalue weighted by atomic mass is 10.2. The molecule has 8 heteroatoms. The van der Waals surface area contributed by atoms with Crippen molar-refractivity contribution in [1.29, 1.82) is 0 Å². The quantitative estimate of drug-likeness (QED) is 0.933. The van der Waals surface area contributed by atoms with Gasteiger partial charge in [0, 0.05) is 5.02 Å². The van der Waals surface area contributed by atoms with Crippen molar-refractivity contribution >= 4 is 17.5 Å². The Morgan fingerprint density at radius 1 is 1.41 bits per heavy atom. The van der Waals surface area contributed by atoms with Crippen LogP contribution in [0.15, 0.2) is 30.5 Å². The number of amides is 1. The standard InChI is InChI=1S/C14H13ClF3N3O/c1-2-12-11(13(22)19-8-14(16,17)18)7-20-21(12)10-5-3-4-9(15)6-10/h3-7H,2,8H2,1H3,(H,19,22). The lowest BCUT2D eigenvalue weighted by Gasteiger charge is -2.10. The van der Waals surface area contributed by atoms with E-state index in [1.807, 2.05) is 5.32 Å². The molecule has 0 aliphatic carbocycles. The largest absolute Gasteiger partial charge is 0.405 e. The number of hydrogen-bond acceptors (Lipinski definition) is 2. The van der Waals surface area contributed by atoms with Crippen molar-refractivity contribution < 1.29 is 18.0 Å². The number of halogens is 4. The van der Waals surface area contributed by atoms with E-state index in [1.54, 1.807) is 31.2 Å². The zero-order chi connectivity index (χ0) is 16.3. The number of aromatic nitrogens is 2. The summed E-state index contributed by atoms with van der Waals surface area (Å²) in [6.45, 7) is 0.413. The van der Waals surface area contributed by atoms with Crippen LogP contribution < -0.4 is 5.32 Å². The van der Waals surface area contributed by atoms with Crippen molar-refractivity contribution in [1.82, 2.24) is 15.1 Å². The fourth-order valence-electron chi connectivity index (χ4n) is 2.01. The second-order valence-electron chi connectivity index (χ2n) is 4.55. The molecule has 1 aromatic heterocycles. The van der Waals surface area contributed by atoms with Crippen LogP contribution in [0.3, 0.4) is 0 Å². The van der Waals surface area contributed by atoms with Gasteiger partial charge in [-0.05, 0) is 24.6 Å². The molecule has 1 N–H and O–H groups in total. The maximum atomic E-state index is 12.2. The summed E-state index contributed by atoms with van der Waals surface area (Å²) < 4.78 is 38.0. The van der Waals surface area contributed by atoms with Gasteiger partial charge in [-0.2, -0.15) is 18.3 Å². The molecule has 0 fully saturated rings. The van der Waals surface area contributed by atoms with E-state index in [0.29, 0.717) is 22.8 Å². The first-order valence-corrected chi connectivity index (χ1v) is 6.87. The number of rotatable bonds is 4. The molecule has 0 radical (unpaired) electrons.